The monoisotopic (exact) mass is 302 g/mol. The third kappa shape index (κ3) is 3.93. The van der Waals surface area contributed by atoms with Gasteiger partial charge in [-0.1, -0.05) is 50.2 Å². The van der Waals surface area contributed by atoms with Crippen LogP contribution >= 0.6 is 11.3 Å². The van der Waals surface area contributed by atoms with Crippen molar-refractivity contribution in [3.05, 3.63) is 58.3 Å². The van der Waals surface area contributed by atoms with Gasteiger partial charge >= 0.3 is 0 Å². The van der Waals surface area contributed by atoms with Crippen molar-refractivity contribution in [2.24, 2.45) is 11.7 Å². The molecule has 1 aromatic carbocycles. The first-order chi connectivity index (χ1) is 10.1. The molecular weight excluding hydrogens is 280 g/mol. The molecule has 112 valence electrons. The van der Waals surface area contributed by atoms with Crippen molar-refractivity contribution >= 4 is 17.2 Å². The first kappa shape index (κ1) is 15.7. The molecule has 3 nitrogen and oxygen atoms in total. The summed E-state index contributed by atoms with van der Waals surface area (Å²) in [5.41, 5.74) is 6.78. The van der Waals surface area contributed by atoms with Crippen LogP contribution < -0.4 is 11.1 Å². The Bertz CT molecular complexity index is 551. The Kier molecular flexibility index (Phi) is 5.53. The van der Waals surface area contributed by atoms with Crippen LogP contribution in [0.4, 0.5) is 0 Å². The quantitative estimate of drug-likeness (QED) is 0.860. The number of rotatable bonds is 6. The standard InChI is InChI=1S/C17H22N2OS/c1-12(2)16(15-9-6-10-21-15)19-17(20)14(11-18)13-7-4-3-5-8-13/h3-10,12,14,16H,11,18H2,1-2H3,(H,19,20). The molecule has 0 saturated carbocycles. The van der Waals surface area contributed by atoms with Crippen molar-refractivity contribution in [1.29, 1.82) is 0 Å². The summed E-state index contributed by atoms with van der Waals surface area (Å²) in [6, 6.07) is 13.8. The molecule has 0 spiro atoms. The normalized spacial score (nSPS) is 13.9. The fraction of sp³-hybridized carbons (Fsp3) is 0.353. The van der Waals surface area contributed by atoms with E-state index in [-0.39, 0.29) is 17.9 Å². The summed E-state index contributed by atoms with van der Waals surface area (Å²) in [6.45, 7) is 4.54. The van der Waals surface area contributed by atoms with Gasteiger partial charge in [-0.15, -0.1) is 11.3 Å². The van der Waals surface area contributed by atoms with Gasteiger partial charge in [-0.25, -0.2) is 0 Å². The summed E-state index contributed by atoms with van der Waals surface area (Å²) in [5, 5.41) is 5.20. The van der Waals surface area contributed by atoms with E-state index in [0.29, 0.717) is 12.5 Å². The molecule has 2 aromatic rings. The molecule has 1 heterocycles. The van der Waals surface area contributed by atoms with Crippen LogP contribution in [-0.4, -0.2) is 12.5 Å². The van der Waals surface area contributed by atoms with Gasteiger partial charge in [0.25, 0.3) is 0 Å². The summed E-state index contributed by atoms with van der Waals surface area (Å²) in [7, 11) is 0. The van der Waals surface area contributed by atoms with Gasteiger partial charge in [-0.05, 0) is 22.9 Å². The van der Waals surface area contributed by atoms with Crippen LogP contribution in [-0.2, 0) is 4.79 Å². The number of nitrogens with one attached hydrogen (secondary N) is 1. The van der Waals surface area contributed by atoms with Gasteiger partial charge in [0.2, 0.25) is 5.91 Å². The van der Waals surface area contributed by atoms with E-state index in [1.165, 1.54) is 4.88 Å². The second-order valence-corrected chi connectivity index (χ2v) is 6.42. The third-order valence-electron chi connectivity index (χ3n) is 3.57. The molecule has 0 radical (unpaired) electrons. The van der Waals surface area contributed by atoms with E-state index < -0.39 is 0 Å². The molecule has 2 rings (SSSR count). The highest BCUT2D eigenvalue weighted by molar-refractivity contribution is 7.10. The first-order valence-corrected chi connectivity index (χ1v) is 8.10. The number of thiophene rings is 1. The smallest absolute Gasteiger partial charge is 0.229 e. The van der Waals surface area contributed by atoms with Crippen LogP contribution in [0.5, 0.6) is 0 Å². The number of hydrogen-bond acceptors (Lipinski definition) is 3. The van der Waals surface area contributed by atoms with Crippen molar-refractivity contribution < 1.29 is 4.79 Å². The molecule has 2 atom stereocenters. The third-order valence-corrected chi connectivity index (χ3v) is 4.52. The summed E-state index contributed by atoms with van der Waals surface area (Å²) >= 11 is 1.67. The zero-order valence-corrected chi connectivity index (χ0v) is 13.3. The lowest BCUT2D eigenvalue weighted by Gasteiger charge is -2.24. The maximum Gasteiger partial charge on any atom is 0.229 e. The highest BCUT2D eigenvalue weighted by Crippen LogP contribution is 2.27. The van der Waals surface area contributed by atoms with Gasteiger partial charge in [0.15, 0.2) is 0 Å². The van der Waals surface area contributed by atoms with Crippen LogP contribution in [0.15, 0.2) is 47.8 Å². The van der Waals surface area contributed by atoms with Gasteiger partial charge in [0.05, 0.1) is 12.0 Å². The number of amides is 1. The summed E-state index contributed by atoms with van der Waals surface area (Å²) in [6.07, 6.45) is 0. The Morgan fingerprint density at radius 2 is 1.90 bits per heavy atom. The molecule has 4 heteroatoms. The Hall–Kier alpha value is -1.65. The molecule has 0 bridgehead atoms. The molecule has 0 aliphatic rings. The largest absolute Gasteiger partial charge is 0.348 e. The van der Waals surface area contributed by atoms with Crippen LogP contribution in [0.3, 0.4) is 0 Å². The maximum atomic E-state index is 12.6. The molecule has 3 N–H and O–H groups in total. The number of benzene rings is 1. The fourth-order valence-corrected chi connectivity index (χ4v) is 3.32. The Morgan fingerprint density at radius 1 is 1.19 bits per heavy atom. The van der Waals surface area contributed by atoms with Gasteiger partial charge in [-0.3, -0.25) is 4.79 Å². The van der Waals surface area contributed by atoms with Crippen LogP contribution in [0.1, 0.15) is 36.2 Å². The van der Waals surface area contributed by atoms with Gasteiger partial charge < -0.3 is 11.1 Å². The molecule has 1 aromatic heterocycles. The first-order valence-electron chi connectivity index (χ1n) is 7.22. The van der Waals surface area contributed by atoms with E-state index in [2.05, 4.69) is 25.2 Å². The van der Waals surface area contributed by atoms with Crippen LogP contribution in [0.2, 0.25) is 0 Å². The lowest BCUT2D eigenvalue weighted by Crippen LogP contribution is -2.37. The summed E-state index contributed by atoms with van der Waals surface area (Å²) in [5.74, 6) is 0.0324. The topological polar surface area (TPSA) is 55.1 Å². The van der Waals surface area contributed by atoms with Gasteiger partial charge in [0.1, 0.15) is 0 Å². The number of carbonyl (C=O) groups excluding carboxylic acids is 1. The fourth-order valence-electron chi connectivity index (χ4n) is 2.37. The van der Waals surface area contributed by atoms with Gasteiger partial charge in [0, 0.05) is 11.4 Å². The van der Waals surface area contributed by atoms with Crippen LogP contribution in [0, 0.1) is 5.92 Å². The minimum Gasteiger partial charge on any atom is -0.348 e. The lowest BCUT2D eigenvalue weighted by atomic mass is 9.96. The second kappa shape index (κ2) is 7.38. The van der Waals surface area contributed by atoms with E-state index in [1.54, 1.807) is 11.3 Å². The minimum atomic E-state index is -0.299. The highest BCUT2D eigenvalue weighted by atomic mass is 32.1. The number of nitrogens with two attached hydrogens (primary N) is 1. The summed E-state index contributed by atoms with van der Waals surface area (Å²) < 4.78 is 0. The number of carbonyl (C=O) groups is 1. The Balaban J connectivity index is 2.14. The van der Waals surface area contributed by atoms with E-state index in [9.17, 15) is 4.79 Å². The predicted molar refractivity (Wildman–Crippen MR) is 88.3 cm³/mol. The zero-order valence-electron chi connectivity index (χ0n) is 12.5. The molecule has 21 heavy (non-hydrogen) atoms. The molecule has 0 fully saturated rings. The van der Waals surface area contributed by atoms with Crippen molar-refractivity contribution in [3.63, 3.8) is 0 Å². The highest BCUT2D eigenvalue weighted by Gasteiger charge is 2.24. The molecule has 2 unspecified atom stereocenters. The van der Waals surface area contributed by atoms with Gasteiger partial charge in [-0.2, -0.15) is 0 Å². The summed E-state index contributed by atoms with van der Waals surface area (Å²) in [4.78, 5) is 13.8. The Labute approximate surface area is 130 Å². The average Bonchev–Trinajstić information content (AvgIpc) is 3.00. The zero-order chi connectivity index (χ0) is 15.2. The van der Waals surface area contributed by atoms with Crippen molar-refractivity contribution in [2.45, 2.75) is 25.8 Å². The molecule has 1 amide bonds. The van der Waals surface area contributed by atoms with E-state index in [4.69, 9.17) is 5.73 Å². The maximum absolute atomic E-state index is 12.6. The van der Waals surface area contributed by atoms with Crippen molar-refractivity contribution in [3.8, 4) is 0 Å². The van der Waals surface area contributed by atoms with E-state index >= 15 is 0 Å². The molecule has 0 aliphatic heterocycles. The van der Waals surface area contributed by atoms with Crippen molar-refractivity contribution in [2.75, 3.05) is 6.54 Å². The lowest BCUT2D eigenvalue weighted by molar-refractivity contribution is -0.123. The molecule has 0 aliphatic carbocycles. The van der Waals surface area contributed by atoms with E-state index in [0.717, 1.165) is 5.56 Å². The molecular formula is C17H22N2OS. The predicted octanol–water partition coefficient (Wildman–Crippen LogP) is 3.30. The average molecular weight is 302 g/mol. The second-order valence-electron chi connectivity index (χ2n) is 5.44. The van der Waals surface area contributed by atoms with E-state index in [1.807, 2.05) is 41.8 Å². The van der Waals surface area contributed by atoms with Crippen LogP contribution in [0.25, 0.3) is 0 Å². The van der Waals surface area contributed by atoms with Crippen molar-refractivity contribution in [1.82, 2.24) is 5.32 Å². The SMILES string of the molecule is CC(C)C(NC(=O)C(CN)c1ccccc1)c1cccs1. The minimum absolute atomic E-state index is 0.00389. The molecule has 0 saturated heterocycles. The number of hydrogen-bond donors (Lipinski definition) is 2. The Morgan fingerprint density at radius 3 is 2.43 bits per heavy atom.